The Morgan fingerprint density at radius 1 is 0.318 bits per heavy atom. The standard InChI is InChI=1S/C60H100O6/c1-4-7-10-13-16-19-22-24-26-27-28-29-30-31-32-33-35-36-38-41-44-47-50-53-59(62)65-56-57(55-64-58(61)52-49-46-43-40-21-18-15-12-9-6-3)66-60(63)54-51-48-45-42-39-37-34-25-23-20-17-14-11-8-5-2/h7,10,12,15-17,19-20,24-26,28-29,31-32,34,57H,4-6,8-9,11,13-14,18,21-23,27,30,33,35-56H2,1-3H3/b10-7-,15-12-,19-16-,20-17-,26-24-,29-28-,32-31-,34-25-. The molecule has 0 aliphatic heterocycles. The number of rotatable bonds is 48. The molecule has 0 aliphatic carbocycles. The van der Waals surface area contributed by atoms with Crippen molar-refractivity contribution in [2.75, 3.05) is 13.2 Å². The van der Waals surface area contributed by atoms with E-state index in [1.54, 1.807) is 0 Å². The van der Waals surface area contributed by atoms with Crippen LogP contribution in [0.3, 0.4) is 0 Å². The third-order valence-electron chi connectivity index (χ3n) is 11.3. The molecule has 0 radical (unpaired) electrons. The van der Waals surface area contributed by atoms with Crippen LogP contribution in [0.1, 0.15) is 245 Å². The highest BCUT2D eigenvalue weighted by molar-refractivity contribution is 5.71. The monoisotopic (exact) mass is 917 g/mol. The van der Waals surface area contributed by atoms with E-state index in [4.69, 9.17) is 14.2 Å². The van der Waals surface area contributed by atoms with Crippen LogP contribution in [0, 0.1) is 0 Å². The number of carbonyl (C=O) groups is 3. The first kappa shape index (κ1) is 62.3. The Hall–Kier alpha value is -3.67. The van der Waals surface area contributed by atoms with Gasteiger partial charge in [-0.15, -0.1) is 0 Å². The number of allylic oxidation sites excluding steroid dienone is 16. The normalized spacial score (nSPS) is 12.8. The fourth-order valence-corrected chi connectivity index (χ4v) is 7.21. The van der Waals surface area contributed by atoms with Crippen LogP contribution in [-0.2, 0) is 28.6 Å². The Kier molecular flexibility index (Phi) is 50.9. The summed E-state index contributed by atoms with van der Waals surface area (Å²) in [5.74, 6) is -0.929. The predicted octanol–water partition coefficient (Wildman–Crippen LogP) is 18.1. The maximum absolute atomic E-state index is 12.8. The Bertz CT molecular complexity index is 1330. The van der Waals surface area contributed by atoms with Gasteiger partial charge in [0.05, 0.1) is 0 Å². The van der Waals surface area contributed by atoms with Crippen molar-refractivity contribution in [1.82, 2.24) is 0 Å². The second-order valence-electron chi connectivity index (χ2n) is 17.7. The molecule has 0 aromatic carbocycles. The van der Waals surface area contributed by atoms with Gasteiger partial charge in [0, 0.05) is 19.3 Å². The van der Waals surface area contributed by atoms with Gasteiger partial charge in [-0.2, -0.15) is 0 Å². The van der Waals surface area contributed by atoms with Gasteiger partial charge in [0.25, 0.3) is 0 Å². The van der Waals surface area contributed by atoms with Crippen molar-refractivity contribution < 1.29 is 28.6 Å². The Balaban J connectivity index is 4.35. The molecule has 1 unspecified atom stereocenters. The molecular formula is C60H100O6. The highest BCUT2D eigenvalue weighted by Crippen LogP contribution is 2.14. The van der Waals surface area contributed by atoms with Crippen LogP contribution >= 0.6 is 0 Å². The molecule has 1 atom stereocenters. The summed E-state index contributed by atoms with van der Waals surface area (Å²) in [6.45, 7) is 6.40. The molecule has 0 saturated carbocycles. The maximum Gasteiger partial charge on any atom is 0.306 e. The lowest BCUT2D eigenvalue weighted by Gasteiger charge is -2.18. The molecule has 6 heteroatoms. The SMILES string of the molecule is CC/C=C\C/C=C\C/C=C\C/C=C\C/C=C\CCCCCCCCCC(=O)OCC(COC(=O)CCCCCCC/C=C\CCC)OC(=O)CCCCCCC/C=C\C/C=C\CCCCC. The van der Waals surface area contributed by atoms with E-state index >= 15 is 0 Å². The number of carbonyl (C=O) groups excluding carboxylic acids is 3. The molecule has 0 amide bonds. The largest absolute Gasteiger partial charge is 0.462 e. The third kappa shape index (κ3) is 51.3. The highest BCUT2D eigenvalue weighted by Gasteiger charge is 2.19. The maximum atomic E-state index is 12.8. The van der Waals surface area contributed by atoms with E-state index in [0.29, 0.717) is 19.3 Å². The molecule has 0 aliphatic rings. The quantitative estimate of drug-likeness (QED) is 0.0262. The average molecular weight is 917 g/mol. The topological polar surface area (TPSA) is 78.9 Å². The first-order valence-electron chi connectivity index (χ1n) is 27.2. The van der Waals surface area contributed by atoms with Crippen LogP contribution < -0.4 is 0 Å². The van der Waals surface area contributed by atoms with E-state index in [1.807, 2.05) is 0 Å². The van der Waals surface area contributed by atoms with Crippen LogP contribution in [0.15, 0.2) is 97.2 Å². The van der Waals surface area contributed by atoms with Gasteiger partial charge in [-0.3, -0.25) is 14.4 Å². The lowest BCUT2D eigenvalue weighted by atomic mass is 10.1. The second kappa shape index (κ2) is 53.9. The van der Waals surface area contributed by atoms with Gasteiger partial charge in [0.15, 0.2) is 6.10 Å². The van der Waals surface area contributed by atoms with Gasteiger partial charge in [-0.25, -0.2) is 0 Å². The molecule has 376 valence electrons. The Morgan fingerprint density at radius 3 is 1.00 bits per heavy atom. The summed E-state index contributed by atoms with van der Waals surface area (Å²) >= 11 is 0. The van der Waals surface area contributed by atoms with Crippen molar-refractivity contribution >= 4 is 17.9 Å². The lowest BCUT2D eigenvalue weighted by molar-refractivity contribution is -0.167. The van der Waals surface area contributed by atoms with E-state index < -0.39 is 6.10 Å². The molecule has 0 aromatic heterocycles. The zero-order chi connectivity index (χ0) is 47.9. The zero-order valence-electron chi connectivity index (χ0n) is 42.9. The minimum absolute atomic E-state index is 0.0921. The number of ether oxygens (including phenoxy) is 3. The first-order chi connectivity index (χ1) is 32.5. The molecule has 0 fully saturated rings. The van der Waals surface area contributed by atoms with Crippen LogP contribution in [0.2, 0.25) is 0 Å². The number of hydrogen-bond donors (Lipinski definition) is 0. The molecule has 6 nitrogen and oxygen atoms in total. The highest BCUT2D eigenvalue weighted by atomic mass is 16.6. The van der Waals surface area contributed by atoms with Crippen LogP contribution in [0.25, 0.3) is 0 Å². The summed E-state index contributed by atoms with van der Waals surface area (Å²) in [4.78, 5) is 38.0. The van der Waals surface area contributed by atoms with Crippen LogP contribution in [-0.4, -0.2) is 37.2 Å². The third-order valence-corrected chi connectivity index (χ3v) is 11.3. The predicted molar refractivity (Wildman–Crippen MR) is 284 cm³/mol. The van der Waals surface area contributed by atoms with E-state index in [9.17, 15) is 14.4 Å². The van der Waals surface area contributed by atoms with Crippen molar-refractivity contribution in [3.8, 4) is 0 Å². The van der Waals surface area contributed by atoms with Crippen molar-refractivity contribution in [1.29, 1.82) is 0 Å². The van der Waals surface area contributed by atoms with E-state index in [1.165, 1.54) is 64.2 Å². The molecule has 0 saturated heterocycles. The van der Waals surface area contributed by atoms with Gasteiger partial charge < -0.3 is 14.2 Å². The van der Waals surface area contributed by atoms with Crippen molar-refractivity contribution in [2.45, 2.75) is 252 Å². The molecule has 66 heavy (non-hydrogen) atoms. The number of hydrogen-bond acceptors (Lipinski definition) is 6. The van der Waals surface area contributed by atoms with E-state index in [2.05, 4.69) is 118 Å². The smallest absolute Gasteiger partial charge is 0.306 e. The van der Waals surface area contributed by atoms with Gasteiger partial charge in [-0.05, 0) is 116 Å². The fraction of sp³-hybridized carbons (Fsp3) is 0.683. The van der Waals surface area contributed by atoms with E-state index in [-0.39, 0.29) is 31.1 Å². The summed E-state index contributed by atoms with van der Waals surface area (Å²) in [6, 6.07) is 0. The second-order valence-corrected chi connectivity index (χ2v) is 17.7. The number of esters is 3. The molecule has 0 rings (SSSR count). The Labute approximate surface area is 407 Å². The van der Waals surface area contributed by atoms with Gasteiger partial charge in [0.2, 0.25) is 0 Å². The van der Waals surface area contributed by atoms with Crippen molar-refractivity contribution in [3.05, 3.63) is 97.2 Å². The van der Waals surface area contributed by atoms with Crippen molar-refractivity contribution in [3.63, 3.8) is 0 Å². The number of unbranched alkanes of at least 4 members (excludes halogenated alkanes) is 21. The summed E-state index contributed by atoms with van der Waals surface area (Å²) < 4.78 is 16.8. The minimum atomic E-state index is -0.793. The summed E-state index contributed by atoms with van der Waals surface area (Å²) in [5.41, 5.74) is 0. The molecule has 0 N–H and O–H groups in total. The first-order valence-corrected chi connectivity index (χ1v) is 27.2. The van der Waals surface area contributed by atoms with Gasteiger partial charge in [-0.1, -0.05) is 208 Å². The molecule has 0 spiro atoms. The van der Waals surface area contributed by atoms with Crippen LogP contribution in [0.5, 0.6) is 0 Å². The zero-order valence-corrected chi connectivity index (χ0v) is 42.9. The average Bonchev–Trinajstić information content (AvgIpc) is 3.31. The molecule has 0 bridgehead atoms. The van der Waals surface area contributed by atoms with Gasteiger partial charge >= 0.3 is 17.9 Å². The van der Waals surface area contributed by atoms with Crippen molar-refractivity contribution in [2.24, 2.45) is 0 Å². The molecular weight excluding hydrogens is 817 g/mol. The summed E-state index contributed by atoms with van der Waals surface area (Å²) in [6.07, 6.45) is 71.1. The van der Waals surface area contributed by atoms with Gasteiger partial charge in [0.1, 0.15) is 13.2 Å². The minimum Gasteiger partial charge on any atom is -0.462 e. The Morgan fingerprint density at radius 2 is 0.621 bits per heavy atom. The molecule has 0 heterocycles. The summed E-state index contributed by atoms with van der Waals surface area (Å²) in [7, 11) is 0. The van der Waals surface area contributed by atoms with E-state index in [0.717, 1.165) is 141 Å². The summed E-state index contributed by atoms with van der Waals surface area (Å²) in [5, 5.41) is 0. The van der Waals surface area contributed by atoms with Crippen LogP contribution in [0.4, 0.5) is 0 Å². The lowest BCUT2D eigenvalue weighted by Crippen LogP contribution is -2.30. The fourth-order valence-electron chi connectivity index (χ4n) is 7.21. The molecule has 0 aromatic rings.